The van der Waals surface area contributed by atoms with Gasteiger partial charge in [0.25, 0.3) is 5.91 Å². The van der Waals surface area contributed by atoms with Crippen molar-refractivity contribution in [3.05, 3.63) is 30.1 Å². The van der Waals surface area contributed by atoms with Crippen molar-refractivity contribution in [3.63, 3.8) is 0 Å². The average Bonchev–Trinajstić information content (AvgIpc) is 2.99. The molecule has 0 saturated carbocycles. The second-order valence-electron chi connectivity index (χ2n) is 8.59. The number of carboxylic acid groups (broad SMARTS) is 2. The third kappa shape index (κ3) is 10.4. The lowest BCUT2D eigenvalue weighted by Crippen LogP contribution is -2.46. The Morgan fingerprint density at radius 1 is 1.11 bits per heavy atom. The zero-order valence-corrected chi connectivity index (χ0v) is 20.6. The summed E-state index contributed by atoms with van der Waals surface area (Å²) in [6.45, 7) is 8.56. The number of nitrogens with zero attached hydrogens (tertiary/aromatic N) is 3. The minimum atomic E-state index is -5.08. The Morgan fingerprint density at radius 2 is 1.68 bits per heavy atom. The van der Waals surface area contributed by atoms with Gasteiger partial charge in [-0.1, -0.05) is 13.0 Å². The van der Waals surface area contributed by atoms with Crippen LogP contribution in [0.15, 0.2) is 24.4 Å². The van der Waals surface area contributed by atoms with Gasteiger partial charge in [0.15, 0.2) is 0 Å². The number of carbonyl (C=O) groups excluding carboxylic acids is 1. The van der Waals surface area contributed by atoms with Gasteiger partial charge in [0.2, 0.25) is 0 Å². The molecule has 0 aromatic carbocycles. The van der Waals surface area contributed by atoms with E-state index in [-0.39, 0.29) is 11.3 Å². The predicted octanol–water partition coefficient (Wildman–Crippen LogP) is 2.41. The summed E-state index contributed by atoms with van der Waals surface area (Å²) in [5.41, 5.74) is 0.505. The molecular formula is C22H29F6N3O7. The van der Waals surface area contributed by atoms with Crippen molar-refractivity contribution in [1.82, 2.24) is 14.8 Å². The van der Waals surface area contributed by atoms with Crippen molar-refractivity contribution in [2.45, 2.75) is 19.3 Å². The van der Waals surface area contributed by atoms with Crippen molar-refractivity contribution >= 4 is 17.8 Å². The lowest BCUT2D eigenvalue weighted by Gasteiger charge is -2.35. The van der Waals surface area contributed by atoms with Crippen LogP contribution in [0.5, 0.6) is 0 Å². The summed E-state index contributed by atoms with van der Waals surface area (Å²) >= 11 is 0. The van der Waals surface area contributed by atoms with E-state index in [1.807, 2.05) is 17.0 Å². The van der Waals surface area contributed by atoms with E-state index >= 15 is 0 Å². The largest absolute Gasteiger partial charge is 0.490 e. The molecule has 1 amide bonds. The van der Waals surface area contributed by atoms with Gasteiger partial charge in [0.05, 0.1) is 19.8 Å². The van der Waals surface area contributed by atoms with Crippen LogP contribution in [0.2, 0.25) is 0 Å². The predicted molar refractivity (Wildman–Crippen MR) is 118 cm³/mol. The Hall–Kier alpha value is -2.98. The molecule has 2 N–H and O–H groups in total. The molecule has 10 nitrogen and oxygen atoms in total. The Balaban J connectivity index is 0.000000426. The van der Waals surface area contributed by atoms with Crippen LogP contribution in [0, 0.1) is 11.3 Å². The highest BCUT2D eigenvalue weighted by molar-refractivity contribution is 5.92. The van der Waals surface area contributed by atoms with Crippen LogP contribution >= 0.6 is 0 Å². The maximum absolute atomic E-state index is 12.8. The molecule has 0 unspecified atom stereocenters. The Kier molecular flexibility index (Phi) is 12.4. The van der Waals surface area contributed by atoms with Gasteiger partial charge in [-0.05, 0) is 18.1 Å². The smallest absolute Gasteiger partial charge is 0.475 e. The molecule has 0 bridgehead atoms. The van der Waals surface area contributed by atoms with Crippen LogP contribution in [0.1, 0.15) is 17.4 Å². The van der Waals surface area contributed by atoms with E-state index in [0.29, 0.717) is 31.4 Å². The Bertz CT molecular complexity index is 893. The summed E-state index contributed by atoms with van der Waals surface area (Å²) < 4.78 is 74.6. The first-order chi connectivity index (χ1) is 17.5. The highest BCUT2D eigenvalue weighted by Crippen LogP contribution is 2.38. The van der Waals surface area contributed by atoms with Gasteiger partial charge in [-0.15, -0.1) is 0 Å². The number of hydrogen-bond donors (Lipinski definition) is 2. The van der Waals surface area contributed by atoms with E-state index < -0.39 is 24.3 Å². The van der Waals surface area contributed by atoms with E-state index in [0.717, 1.165) is 32.8 Å². The highest BCUT2D eigenvalue weighted by atomic mass is 19.4. The average molecular weight is 561 g/mol. The summed E-state index contributed by atoms with van der Waals surface area (Å²) in [6, 6.07) is 5.47. The monoisotopic (exact) mass is 561 g/mol. The van der Waals surface area contributed by atoms with E-state index in [9.17, 15) is 31.1 Å². The quantitative estimate of drug-likeness (QED) is 0.533. The van der Waals surface area contributed by atoms with E-state index in [2.05, 4.69) is 16.8 Å². The highest BCUT2D eigenvalue weighted by Gasteiger charge is 2.47. The zero-order chi connectivity index (χ0) is 29.1. The summed E-state index contributed by atoms with van der Waals surface area (Å²) in [5, 5.41) is 14.2. The number of halogens is 6. The normalized spacial score (nSPS) is 22.0. The van der Waals surface area contributed by atoms with E-state index in [1.54, 1.807) is 19.4 Å². The number of pyridine rings is 1. The van der Waals surface area contributed by atoms with Crippen LogP contribution in [-0.4, -0.2) is 115 Å². The number of likely N-dealkylation sites (tertiary alicyclic amines) is 1. The zero-order valence-electron chi connectivity index (χ0n) is 20.6. The topological polar surface area (TPSA) is 130 Å². The molecule has 2 aliphatic heterocycles. The minimum Gasteiger partial charge on any atom is -0.475 e. The molecule has 0 aliphatic carbocycles. The standard InChI is InChI=1S/C18H27N3O3.2C2HF3O2/c1-15-11-20(7-9-23-2)12-18(15)13-21(8-10-24-14-18)17(22)16-5-3-4-6-19-16;2*3-2(4,5)1(6)7/h3-6,15H,7-14H2,1-2H3;2*(H,6,7)/t15-,18+;;/m1../s1. The van der Waals surface area contributed by atoms with E-state index in [4.69, 9.17) is 29.3 Å². The number of carboxylic acids is 2. The second-order valence-corrected chi connectivity index (χ2v) is 8.59. The molecule has 3 rings (SSSR count). The number of aromatic nitrogens is 1. The van der Waals surface area contributed by atoms with Crippen LogP contribution in [-0.2, 0) is 19.1 Å². The summed E-state index contributed by atoms with van der Waals surface area (Å²) in [7, 11) is 1.73. The molecule has 2 fully saturated rings. The van der Waals surface area contributed by atoms with Crippen LogP contribution in [0.3, 0.4) is 0 Å². The number of aliphatic carboxylic acids is 2. The number of carbonyl (C=O) groups is 3. The lowest BCUT2D eigenvalue weighted by atomic mass is 9.79. The molecule has 16 heteroatoms. The van der Waals surface area contributed by atoms with Gasteiger partial charge in [-0.2, -0.15) is 26.3 Å². The molecule has 216 valence electrons. The molecule has 1 aromatic rings. The van der Waals surface area contributed by atoms with Crippen molar-refractivity contribution in [2.75, 3.05) is 59.7 Å². The summed E-state index contributed by atoms with van der Waals surface area (Å²) in [6.07, 6.45) is -8.50. The molecular weight excluding hydrogens is 532 g/mol. The molecule has 0 radical (unpaired) electrons. The number of amides is 1. The first-order valence-corrected chi connectivity index (χ1v) is 11.1. The van der Waals surface area contributed by atoms with Gasteiger partial charge >= 0.3 is 24.3 Å². The fraction of sp³-hybridized carbons (Fsp3) is 0.636. The van der Waals surface area contributed by atoms with Gasteiger partial charge in [0, 0.05) is 51.4 Å². The maximum Gasteiger partial charge on any atom is 0.490 e. The fourth-order valence-electron chi connectivity index (χ4n) is 3.81. The molecule has 2 aliphatic rings. The number of methoxy groups -OCH3 is 1. The molecule has 2 saturated heterocycles. The van der Waals surface area contributed by atoms with Crippen molar-refractivity contribution in [3.8, 4) is 0 Å². The minimum absolute atomic E-state index is 0.00279. The van der Waals surface area contributed by atoms with Crippen LogP contribution in [0.4, 0.5) is 26.3 Å². The third-order valence-electron chi connectivity index (χ3n) is 5.78. The molecule has 3 heterocycles. The molecule has 1 spiro atoms. The first-order valence-electron chi connectivity index (χ1n) is 11.1. The number of hydrogen-bond acceptors (Lipinski definition) is 7. The van der Waals surface area contributed by atoms with Gasteiger partial charge in [0.1, 0.15) is 5.69 Å². The van der Waals surface area contributed by atoms with Crippen molar-refractivity contribution in [1.29, 1.82) is 0 Å². The maximum atomic E-state index is 12.8. The molecule has 38 heavy (non-hydrogen) atoms. The van der Waals surface area contributed by atoms with Gasteiger partial charge in [-0.3, -0.25) is 9.78 Å². The van der Waals surface area contributed by atoms with E-state index in [1.165, 1.54) is 0 Å². The van der Waals surface area contributed by atoms with Crippen LogP contribution < -0.4 is 0 Å². The first kappa shape index (κ1) is 33.0. The summed E-state index contributed by atoms with van der Waals surface area (Å²) in [5.74, 6) is -5.03. The third-order valence-corrected chi connectivity index (χ3v) is 5.78. The number of alkyl halides is 6. The molecule has 2 atom stereocenters. The summed E-state index contributed by atoms with van der Waals surface area (Å²) in [4.78, 5) is 39.2. The Labute approximate surface area is 214 Å². The second kappa shape index (κ2) is 14.2. The van der Waals surface area contributed by atoms with Gasteiger partial charge < -0.3 is 29.5 Å². The van der Waals surface area contributed by atoms with Gasteiger partial charge in [-0.25, -0.2) is 9.59 Å². The number of rotatable bonds is 4. The van der Waals surface area contributed by atoms with Crippen molar-refractivity contribution < 1.29 is 60.4 Å². The number of ether oxygens (including phenoxy) is 2. The Morgan fingerprint density at radius 3 is 2.16 bits per heavy atom. The SMILES string of the molecule is COCCN1C[C@@H](C)[C@@]2(COCCN(C(=O)c3ccccn3)C2)C1.O=C(O)C(F)(F)F.O=C(O)C(F)(F)F. The fourth-order valence-corrected chi connectivity index (χ4v) is 3.81. The molecule has 1 aromatic heterocycles. The lowest BCUT2D eigenvalue weighted by molar-refractivity contribution is -0.193. The van der Waals surface area contributed by atoms with Crippen molar-refractivity contribution in [2.24, 2.45) is 11.3 Å². The van der Waals surface area contributed by atoms with Crippen LogP contribution in [0.25, 0.3) is 0 Å².